The van der Waals surface area contributed by atoms with Gasteiger partial charge in [-0.3, -0.25) is 9.59 Å². The molecule has 0 aromatic heterocycles. The van der Waals surface area contributed by atoms with Gasteiger partial charge in [0.15, 0.2) is 0 Å². The Bertz CT molecular complexity index is 1280. The maximum absolute atomic E-state index is 13.0. The van der Waals surface area contributed by atoms with Crippen molar-refractivity contribution in [2.24, 2.45) is 0 Å². The summed E-state index contributed by atoms with van der Waals surface area (Å²) in [5, 5.41) is 5.00. The molecule has 1 heterocycles. The van der Waals surface area contributed by atoms with Crippen molar-refractivity contribution in [1.82, 2.24) is 0 Å². The first-order valence-corrected chi connectivity index (χ1v) is 10.5. The lowest BCUT2D eigenvalue weighted by Crippen LogP contribution is -2.35. The number of rotatable bonds is 3. The first kappa shape index (κ1) is 19.1. The lowest BCUT2D eigenvalue weighted by Gasteiger charge is -2.30. The van der Waals surface area contributed by atoms with E-state index < -0.39 is 0 Å². The molecule has 152 valence electrons. The molecular formula is C27H22N2O2. The van der Waals surface area contributed by atoms with Gasteiger partial charge in [-0.1, -0.05) is 54.6 Å². The monoisotopic (exact) mass is 406 g/mol. The van der Waals surface area contributed by atoms with E-state index in [2.05, 4.69) is 5.32 Å². The smallest absolute Gasteiger partial charge is 0.258 e. The van der Waals surface area contributed by atoms with E-state index in [1.165, 1.54) is 0 Å². The third kappa shape index (κ3) is 3.68. The van der Waals surface area contributed by atoms with Crippen LogP contribution in [0.5, 0.6) is 0 Å². The fourth-order valence-electron chi connectivity index (χ4n) is 4.24. The summed E-state index contributed by atoms with van der Waals surface area (Å²) >= 11 is 0. The second-order valence-corrected chi connectivity index (χ2v) is 7.75. The molecule has 0 spiro atoms. The van der Waals surface area contributed by atoms with Crippen molar-refractivity contribution in [2.45, 2.75) is 12.8 Å². The Morgan fingerprint density at radius 2 is 1.58 bits per heavy atom. The number of fused-ring (bicyclic) bond motifs is 2. The molecule has 0 unspecified atom stereocenters. The van der Waals surface area contributed by atoms with Crippen molar-refractivity contribution in [3.8, 4) is 0 Å². The van der Waals surface area contributed by atoms with Gasteiger partial charge in [0.05, 0.1) is 0 Å². The Kier molecular flexibility index (Phi) is 4.97. The molecule has 0 bridgehead atoms. The van der Waals surface area contributed by atoms with Crippen LogP contribution in [0.1, 0.15) is 32.7 Å². The van der Waals surface area contributed by atoms with Gasteiger partial charge < -0.3 is 10.2 Å². The van der Waals surface area contributed by atoms with E-state index >= 15 is 0 Å². The number of carbonyl (C=O) groups excluding carboxylic acids is 2. The van der Waals surface area contributed by atoms with Crippen molar-refractivity contribution < 1.29 is 9.59 Å². The molecule has 4 aromatic carbocycles. The Balaban J connectivity index is 1.41. The molecule has 0 atom stereocenters. The van der Waals surface area contributed by atoms with Gasteiger partial charge in [0.1, 0.15) is 0 Å². The van der Waals surface area contributed by atoms with Crippen LogP contribution in [-0.4, -0.2) is 18.4 Å². The lowest BCUT2D eigenvalue weighted by molar-refractivity contribution is 0.0983. The van der Waals surface area contributed by atoms with Crippen LogP contribution in [0.3, 0.4) is 0 Å². The zero-order valence-electron chi connectivity index (χ0n) is 17.0. The van der Waals surface area contributed by atoms with Gasteiger partial charge in [0.25, 0.3) is 11.8 Å². The molecule has 0 fully saturated rings. The summed E-state index contributed by atoms with van der Waals surface area (Å²) in [7, 11) is 0. The fraction of sp³-hybridized carbons (Fsp3) is 0.111. The van der Waals surface area contributed by atoms with Gasteiger partial charge >= 0.3 is 0 Å². The summed E-state index contributed by atoms with van der Waals surface area (Å²) in [5.41, 5.74) is 4.07. The van der Waals surface area contributed by atoms with Crippen molar-refractivity contribution >= 4 is 34.0 Å². The van der Waals surface area contributed by atoms with Gasteiger partial charge in [-0.25, -0.2) is 0 Å². The molecule has 4 heteroatoms. The third-order valence-electron chi connectivity index (χ3n) is 5.76. The number of carbonyl (C=O) groups is 2. The molecule has 4 aromatic rings. The Labute approximate surface area is 181 Å². The Hall–Kier alpha value is -3.92. The second-order valence-electron chi connectivity index (χ2n) is 7.75. The molecule has 0 saturated carbocycles. The first-order chi connectivity index (χ1) is 15.2. The van der Waals surface area contributed by atoms with Crippen LogP contribution in [0.4, 0.5) is 11.4 Å². The molecule has 1 N–H and O–H groups in total. The van der Waals surface area contributed by atoms with Crippen molar-refractivity contribution in [3.63, 3.8) is 0 Å². The molecule has 0 radical (unpaired) electrons. The van der Waals surface area contributed by atoms with Gasteiger partial charge in [-0.15, -0.1) is 0 Å². The van der Waals surface area contributed by atoms with Crippen LogP contribution >= 0.6 is 0 Å². The topological polar surface area (TPSA) is 49.4 Å². The number of nitrogens with zero attached hydrogens (tertiary/aromatic N) is 1. The van der Waals surface area contributed by atoms with Crippen molar-refractivity contribution in [1.29, 1.82) is 0 Å². The fourth-order valence-corrected chi connectivity index (χ4v) is 4.24. The van der Waals surface area contributed by atoms with Crippen LogP contribution in [0.15, 0.2) is 91.0 Å². The van der Waals surface area contributed by atoms with E-state index in [4.69, 9.17) is 0 Å². The zero-order valence-corrected chi connectivity index (χ0v) is 17.0. The largest absolute Gasteiger partial charge is 0.322 e. The predicted octanol–water partition coefficient (Wildman–Crippen LogP) is 5.69. The molecule has 4 nitrogen and oxygen atoms in total. The highest BCUT2D eigenvalue weighted by molar-refractivity contribution is 6.13. The minimum absolute atomic E-state index is 0.00842. The summed E-state index contributed by atoms with van der Waals surface area (Å²) in [6.07, 6.45) is 1.78. The quantitative estimate of drug-likeness (QED) is 0.475. The average molecular weight is 406 g/mol. The van der Waals surface area contributed by atoms with E-state index in [1.807, 2.05) is 95.9 Å². The van der Waals surface area contributed by atoms with Crippen molar-refractivity contribution in [3.05, 3.63) is 108 Å². The number of aryl methyl sites for hydroxylation is 1. The molecule has 31 heavy (non-hydrogen) atoms. The number of hydrogen-bond donors (Lipinski definition) is 1. The Morgan fingerprint density at radius 3 is 2.45 bits per heavy atom. The summed E-state index contributed by atoms with van der Waals surface area (Å²) in [5.74, 6) is -0.126. The first-order valence-electron chi connectivity index (χ1n) is 10.5. The molecular weight excluding hydrogens is 384 g/mol. The van der Waals surface area contributed by atoms with Gasteiger partial charge in [-0.05, 0) is 65.6 Å². The molecule has 0 aliphatic carbocycles. The number of nitrogens with one attached hydrogen (secondary N) is 1. The van der Waals surface area contributed by atoms with Crippen LogP contribution in [0.25, 0.3) is 10.8 Å². The maximum atomic E-state index is 13.0. The van der Waals surface area contributed by atoms with E-state index in [-0.39, 0.29) is 11.8 Å². The van der Waals surface area contributed by atoms with Gasteiger partial charge in [0.2, 0.25) is 0 Å². The molecule has 2 amide bonds. The van der Waals surface area contributed by atoms with Crippen LogP contribution in [0.2, 0.25) is 0 Å². The Morgan fingerprint density at radius 1 is 0.806 bits per heavy atom. The number of benzene rings is 4. The zero-order chi connectivity index (χ0) is 21.2. The average Bonchev–Trinajstić information content (AvgIpc) is 2.83. The van der Waals surface area contributed by atoms with Crippen LogP contribution in [-0.2, 0) is 6.42 Å². The predicted molar refractivity (Wildman–Crippen MR) is 125 cm³/mol. The second kappa shape index (κ2) is 8.07. The SMILES string of the molecule is O=C(Nc1ccc2c(c1)CCCN2C(=O)c1ccccc1)c1cccc2ccccc12. The maximum Gasteiger partial charge on any atom is 0.258 e. The summed E-state index contributed by atoms with van der Waals surface area (Å²) < 4.78 is 0. The van der Waals surface area contributed by atoms with Gasteiger partial charge in [-0.2, -0.15) is 0 Å². The number of amides is 2. The molecule has 0 saturated heterocycles. The lowest BCUT2D eigenvalue weighted by atomic mass is 9.99. The van der Waals surface area contributed by atoms with Gasteiger partial charge in [0, 0.05) is 29.0 Å². The van der Waals surface area contributed by atoms with E-state index in [1.54, 1.807) is 0 Å². The standard InChI is InChI=1S/C27H22N2O2/c30-26(24-14-6-11-19-8-4-5-13-23(19)24)28-22-15-16-25-21(18-22)12-7-17-29(25)27(31)20-9-2-1-3-10-20/h1-6,8-11,13-16,18H,7,12,17H2,(H,28,30). The van der Waals surface area contributed by atoms with E-state index in [0.717, 1.165) is 40.6 Å². The minimum atomic E-state index is -0.134. The van der Waals surface area contributed by atoms with Crippen LogP contribution < -0.4 is 10.2 Å². The normalized spacial score (nSPS) is 13.0. The summed E-state index contributed by atoms with van der Waals surface area (Å²) in [4.78, 5) is 27.8. The highest BCUT2D eigenvalue weighted by Crippen LogP contribution is 2.31. The molecule has 1 aliphatic heterocycles. The summed E-state index contributed by atoms with van der Waals surface area (Å²) in [6, 6.07) is 28.8. The third-order valence-corrected chi connectivity index (χ3v) is 5.76. The number of hydrogen-bond acceptors (Lipinski definition) is 2. The van der Waals surface area contributed by atoms with E-state index in [9.17, 15) is 9.59 Å². The van der Waals surface area contributed by atoms with E-state index in [0.29, 0.717) is 17.7 Å². The van der Waals surface area contributed by atoms with Crippen LogP contribution in [0, 0.1) is 0 Å². The minimum Gasteiger partial charge on any atom is -0.322 e. The molecule has 1 aliphatic rings. The number of anilines is 2. The van der Waals surface area contributed by atoms with Crippen molar-refractivity contribution in [2.75, 3.05) is 16.8 Å². The highest BCUT2D eigenvalue weighted by atomic mass is 16.2. The molecule has 5 rings (SSSR count). The highest BCUT2D eigenvalue weighted by Gasteiger charge is 2.24. The summed E-state index contributed by atoms with van der Waals surface area (Å²) in [6.45, 7) is 0.697.